The Morgan fingerprint density at radius 2 is 2.30 bits per heavy atom. The van der Waals surface area contributed by atoms with Gasteiger partial charge in [0.1, 0.15) is 6.07 Å². The molecule has 0 heterocycles. The van der Waals surface area contributed by atoms with Crippen LogP contribution in [0.2, 0.25) is 0 Å². The number of nitriles is 1. The Morgan fingerprint density at radius 1 is 1.50 bits per heavy atom. The van der Waals surface area contributed by atoms with Crippen LogP contribution in [-0.2, 0) is 4.79 Å². The Bertz CT molecular complexity index is 545. The van der Waals surface area contributed by atoms with E-state index in [-0.39, 0.29) is 12.5 Å². The Labute approximate surface area is 118 Å². The zero-order valence-corrected chi connectivity index (χ0v) is 11.3. The fourth-order valence-electron chi connectivity index (χ4n) is 1.42. The first-order valence-corrected chi connectivity index (χ1v) is 5.96. The summed E-state index contributed by atoms with van der Waals surface area (Å²) in [5, 5.41) is 11.1. The first-order chi connectivity index (χ1) is 9.71. The van der Waals surface area contributed by atoms with Crippen LogP contribution in [0.25, 0.3) is 6.08 Å². The molecule has 0 aromatic heterocycles. The molecule has 0 aliphatic rings. The van der Waals surface area contributed by atoms with Gasteiger partial charge in [-0.2, -0.15) is 5.26 Å². The van der Waals surface area contributed by atoms with Crippen molar-refractivity contribution >= 4 is 12.0 Å². The predicted octanol–water partition coefficient (Wildman–Crippen LogP) is 1.91. The summed E-state index contributed by atoms with van der Waals surface area (Å²) >= 11 is 0. The van der Waals surface area contributed by atoms with E-state index in [9.17, 15) is 4.79 Å². The number of hydrogen-bond donors (Lipinski definition) is 1. The molecule has 5 heteroatoms. The molecule has 0 bridgehead atoms. The zero-order valence-electron chi connectivity index (χ0n) is 11.3. The van der Waals surface area contributed by atoms with Crippen LogP contribution in [0.4, 0.5) is 0 Å². The molecule has 0 unspecified atom stereocenters. The Morgan fingerprint density at radius 3 is 2.95 bits per heavy atom. The highest BCUT2D eigenvalue weighted by molar-refractivity contribution is 5.91. The molecule has 0 atom stereocenters. The molecule has 1 N–H and O–H groups in total. The lowest BCUT2D eigenvalue weighted by Gasteiger charge is -2.08. The SMILES string of the molecule is C=CCNC(=O)/C=C/c1ccc(OCC#N)c(OC)c1. The van der Waals surface area contributed by atoms with Gasteiger partial charge in [-0.15, -0.1) is 6.58 Å². The zero-order chi connectivity index (χ0) is 14.8. The van der Waals surface area contributed by atoms with E-state index in [1.165, 1.54) is 13.2 Å². The summed E-state index contributed by atoms with van der Waals surface area (Å²) in [6.07, 6.45) is 4.69. The quantitative estimate of drug-likeness (QED) is 0.608. The molecule has 1 aromatic carbocycles. The van der Waals surface area contributed by atoms with Gasteiger partial charge in [-0.1, -0.05) is 12.1 Å². The Hall–Kier alpha value is -2.74. The summed E-state index contributed by atoms with van der Waals surface area (Å²) in [6.45, 7) is 3.89. The molecule has 1 rings (SSSR count). The molecule has 0 spiro atoms. The predicted molar refractivity (Wildman–Crippen MR) is 76.3 cm³/mol. The van der Waals surface area contributed by atoms with E-state index in [0.717, 1.165) is 5.56 Å². The summed E-state index contributed by atoms with van der Waals surface area (Å²) in [5.74, 6) is 0.796. The third-order valence-electron chi connectivity index (χ3n) is 2.33. The van der Waals surface area contributed by atoms with Crippen LogP contribution in [0, 0.1) is 11.3 Å². The van der Waals surface area contributed by atoms with Crippen LogP contribution >= 0.6 is 0 Å². The van der Waals surface area contributed by atoms with E-state index in [1.54, 1.807) is 30.4 Å². The van der Waals surface area contributed by atoms with Gasteiger partial charge in [0.25, 0.3) is 0 Å². The summed E-state index contributed by atoms with van der Waals surface area (Å²) in [7, 11) is 1.51. The van der Waals surface area contributed by atoms with Crippen molar-refractivity contribution < 1.29 is 14.3 Å². The molecule has 0 saturated heterocycles. The number of hydrogen-bond acceptors (Lipinski definition) is 4. The fourth-order valence-corrected chi connectivity index (χ4v) is 1.42. The van der Waals surface area contributed by atoms with Crippen LogP contribution in [0.15, 0.2) is 36.9 Å². The molecule has 5 nitrogen and oxygen atoms in total. The first kappa shape index (κ1) is 15.3. The van der Waals surface area contributed by atoms with Crippen molar-refractivity contribution in [3.05, 3.63) is 42.5 Å². The van der Waals surface area contributed by atoms with Crippen LogP contribution in [0.1, 0.15) is 5.56 Å². The molecule has 1 aromatic rings. The number of benzene rings is 1. The monoisotopic (exact) mass is 272 g/mol. The summed E-state index contributed by atoms with van der Waals surface area (Å²) in [4.78, 5) is 11.4. The van der Waals surface area contributed by atoms with Gasteiger partial charge in [0.05, 0.1) is 7.11 Å². The molecule has 104 valence electrons. The molecule has 20 heavy (non-hydrogen) atoms. The number of rotatable bonds is 7. The van der Waals surface area contributed by atoms with Gasteiger partial charge in [0.2, 0.25) is 5.91 Å². The second kappa shape index (κ2) is 8.38. The number of amides is 1. The van der Waals surface area contributed by atoms with E-state index in [0.29, 0.717) is 18.0 Å². The Kier molecular flexibility index (Phi) is 6.42. The van der Waals surface area contributed by atoms with E-state index >= 15 is 0 Å². The molecule has 1 amide bonds. The van der Waals surface area contributed by atoms with E-state index in [4.69, 9.17) is 14.7 Å². The third kappa shape index (κ3) is 4.86. The number of methoxy groups -OCH3 is 1. The van der Waals surface area contributed by atoms with E-state index in [1.807, 2.05) is 6.07 Å². The van der Waals surface area contributed by atoms with Gasteiger partial charge in [0, 0.05) is 12.6 Å². The molecule has 0 radical (unpaired) electrons. The van der Waals surface area contributed by atoms with Crippen molar-refractivity contribution in [3.8, 4) is 17.6 Å². The van der Waals surface area contributed by atoms with Gasteiger partial charge in [0.15, 0.2) is 18.1 Å². The summed E-state index contributed by atoms with van der Waals surface area (Å²) in [6, 6.07) is 7.08. The molecule has 0 aliphatic carbocycles. The van der Waals surface area contributed by atoms with Gasteiger partial charge in [-0.3, -0.25) is 4.79 Å². The van der Waals surface area contributed by atoms with Crippen molar-refractivity contribution in [1.82, 2.24) is 5.32 Å². The molecular weight excluding hydrogens is 256 g/mol. The van der Waals surface area contributed by atoms with Gasteiger partial charge >= 0.3 is 0 Å². The Balaban J connectivity index is 2.77. The third-order valence-corrected chi connectivity index (χ3v) is 2.33. The standard InChI is InChI=1S/C15H16N2O3/c1-3-9-17-15(18)7-5-12-4-6-13(20-10-8-16)14(11-12)19-2/h3-7,11H,1,9-10H2,2H3,(H,17,18)/b7-5+. The van der Waals surface area contributed by atoms with Crippen molar-refractivity contribution in [2.75, 3.05) is 20.3 Å². The maximum Gasteiger partial charge on any atom is 0.244 e. The summed E-state index contributed by atoms with van der Waals surface area (Å²) in [5.41, 5.74) is 0.792. The topological polar surface area (TPSA) is 71.3 Å². The van der Waals surface area contributed by atoms with Gasteiger partial charge < -0.3 is 14.8 Å². The average Bonchev–Trinajstić information content (AvgIpc) is 2.49. The minimum atomic E-state index is -0.200. The first-order valence-electron chi connectivity index (χ1n) is 5.96. The number of ether oxygens (including phenoxy) is 2. The highest BCUT2D eigenvalue weighted by atomic mass is 16.5. The van der Waals surface area contributed by atoms with Gasteiger partial charge in [-0.05, 0) is 23.8 Å². The highest BCUT2D eigenvalue weighted by Gasteiger charge is 2.04. The van der Waals surface area contributed by atoms with Crippen LogP contribution in [0.5, 0.6) is 11.5 Å². The summed E-state index contributed by atoms with van der Waals surface area (Å²) < 4.78 is 10.4. The number of nitrogens with zero attached hydrogens (tertiary/aromatic N) is 1. The number of nitrogens with one attached hydrogen (secondary N) is 1. The van der Waals surface area contributed by atoms with Gasteiger partial charge in [-0.25, -0.2) is 0 Å². The molecule has 0 saturated carbocycles. The molecule has 0 aliphatic heterocycles. The fraction of sp³-hybridized carbons (Fsp3) is 0.200. The molecular formula is C15H16N2O3. The van der Waals surface area contributed by atoms with Crippen LogP contribution in [0.3, 0.4) is 0 Å². The van der Waals surface area contributed by atoms with Crippen LogP contribution in [-0.4, -0.2) is 26.2 Å². The molecule has 0 fully saturated rings. The minimum Gasteiger partial charge on any atom is -0.493 e. The lowest BCUT2D eigenvalue weighted by molar-refractivity contribution is -0.116. The van der Waals surface area contributed by atoms with Crippen molar-refractivity contribution in [3.63, 3.8) is 0 Å². The number of carbonyl (C=O) groups excluding carboxylic acids is 1. The second-order valence-electron chi connectivity index (χ2n) is 3.72. The highest BCUT2D eigenvalue weighted by Crippen LogP contribution is 2.28. The lowest BCUT2D eigenvalue weighted by Crippen LogP contribution is -2.20. The number of carbonyl (C=O) groups is 1. The normalized spacial score (nSPS) is 9.80. The average molecular weight is 272 g/mol. The largest absolute Gasteiger partial charge is 0.493 e. The van der Waals surface area contributed by atoms with E-state index < -0.39 is 0 Å². The maximum atomic E-state index is 11.4. The smallest absolute Gasteiger partial charge is 0.244 e. The van der Waals surface area contributed by atoms with Crippen molar-refractivity contribution in [2.45, 2.75) is 0 Å². The van der Waals surface area contributed by atoms with E-state index in [2.05, 4.69) is 11.9 Å². The maximum absolute atomic E-state index is 11.4. The minimum absolute atomic E-state index is 0.0461. The van der Waals surface area contributed by atoms with Crippen molar-refractivity contribution in [1.29, 1.82) is 5.26 Å². The lowest BCUT2D eigenvalue weighted by atomic mass is 10.2. The van der Waals surface area contributed by atoms with Crippen LogP contribution < -0.4 is 14.8 Å². The van der Waals surface area contributed by atoms with Crippen molar-refractivity contribution in [2.24, 2.45) is 0 Å². The second-order valence-corrected chi connectivity index (χ2v) is 3.72.